The van der Waals surface area contributed by atoms with E-state index in [9.17, 15) is 18.0 Å². The molecule has 6 heteroatoms. The quantitative estimate of drug-likeness (QED) is 0.896. The molecule has 0 aliphatic heterocycles. The lowest BCUT2D eigenvalue weighted by molar-refractivity contribution is -0.138. The van der Waals surface area contributed by atoms with E-state index >= 15 is 0 Å². The average Bonchev–Trinajstić information content (AvgIpc) is 2.33. The summed E-state index contributed by atoms with van der Waals surface area (Å²) in [4.78, 5) is 11.7. The summed E-state index contributed by atoms with van der Waals surface area (Å²) in [7, 11) is 0. The molecule has 1 amide bonds. The summed E-state index contributed by atoms with van der Waals surface area (Å²) in [5, 5.41) is 5.57. The number of nitrogens with one attached hydrogen (secondary N) is 2. The van der Waals surface area contributed by atoms with Gasteiger partial charge in [0.1, 0.15) is 0 Å². The number of rotatable bonds is 4. The molecule has 1 rings (SSSR count). The molecule has 1 aromatic rings. The third-order valence-corrected chi connectivity index (χ3v) is 2.82. The molecular formula is C15H21F3N2O. The molecule has 0 heterocycles. The minimum Gasteiger partial charge on any atom is -0.350 e. The molecule has 0 bridgehead atoms. The zero-order valence-corrected chi connectivity index (χ0v) is 12.6. The van der Waals surface area contributed by atoms with Crippen LogP contribution in [0, 0.1) is 0 Å². The fourth-order valence-electron chi connectivity index (χ4n) is 1.95. The van der Waals surface area contributed by atoms with E-state index in [1.165, 1.54) is 12.1 Å². The van der Waals surface area contributed by atoms with Crippen LogP contribution in [-0.4, -0.2) is 18.0 Å². The zero-order valence-electron chi connectivity index (χ0n) is 12.6. The van der Waals surface area contributed by atoms with Crippen molar-refractivity contribution in [1.29, 1.82) is 0 Å². The molecule has 2 N–H and O–H groups in total. The number of hydrogen-bond acceptors (Lipinski definition) is 2. The largest absolute Gasteiger partial charge is 0.416 e. The Bertz CT molecular complexity index is 492. The number of carbonyl (C=O) groups is 1. The summed E-state index contributed by atoms with van der Waals surface area (Å²) >= 11 is 0. The molecule has 0 aliphatic rings. The van der Waals surface area contributed by atoms with Gasteiger partial charge in [-0.15, -0.1) is 0 Å². The molecule has 1 atom stereocenters. The van der Waals surface area contributed by atoms with Gasteiger partial charge in [0.2, 0.25) is 5.91 Å². The monoisotopic (exact) mass is 302 g/mol. The van der Waals surface area contributed by atoms with Gasteiger partial charge in [-0.25, -0.2) is 0 Å². The van der Waals surface area contributed by atoms with Crippen LogP contribution in [0.4, 0.5) is 13.2 Å². The van der Waals surface area contributed by atoms with Crippen LogP contribution in [0.5, 0.6) is 0 Å². The van der Waals surface area contributed by atoms with Crippen molar-refractivity contribution in [2.24, 2.45) is 0 Å². The van der Waals surface area contributed by atoms with E-state index in [0.717, 1.165) is 6.07 Å². The highest BCUT2D eigenvalue weighted by Crippen LogP contribution is 2.34. The van der Waals surface area contributed by atoms with Gasteiger partial charge in [-0.05, 0) is 39.3 Å². The van der Waals surface area contributed by atoms with E-state index in [4.69, 9.17) is 0 Å². The topological polar surface area (TPSA) is 41.1 Å². The van der Waals surface area contributed by atoms with Crippen LogP contribution >= 0.6 is 0 Å². The highest BCUT2D eigenvalue weighted by Gasteiger charge is 2.34. The van der Waals surface area contributed by atoms with Gasteiger partial charge < -0.3 is 10.6 Å². The van der Waals surface area contributed by atoms with Gasteiger partial charge >= 0.3 is 6.18 Å². The second-order valence-electron chi connectivity index (χ2n) is 5.99. The van der Waals surface area contributed by atoms with Crippen LogP contribution in [-0.2, 0) is 11.0 Å². The first-order valence-corrected chi connectivity index (χ1v) is 6.71. The first-order valence-electron chi connectivity index (χ1n) is 6.71. The molecule has 1 unspecified atom stereocenters. The maximum Gasteiger partial charge on any atom is 0.416 e. The smallest absolute Gasteiger partial charge is 0.350 e. The van der Waals surface area contributed by atoms with Gasteiger partial charge in [0, 0.05) is 11.6 Å². The predicted molar refractivity (Wildman–Crippen MR) is 75.8 cm³/mol. The lowest BCUT2D eigenvalue weighted by Gasteiger charge is -2.23. The summed E-state index contributed by atoms with van der Waals surface area (Å²) in [6, 6.07) is 4.79. The molecule has 0 radical (unpaired) electrons. The number of benzene rings is 1. The average molecular weight is 302 g/mol. The Labute approximate surface area is 122 Å². The van der Waals surface area contributed by atoms with Crippen LogP contribution in [0.2, 0.25) is 0 Å². The third kappa shape index (κ3) is 5.75. The van der Waals surface area contributed by atoms with Crippen molar-refractivity contribution >= 4 is 5.91 Å². The third-order valence-electron chi connectivity index (χ3n) is 2.82. The van der Waals surface area contributed by atoms with Crippen molar-refractivity contribution in [3.63, 3.8) is 0 Å². The van der Waals surface area contributed by atoms with Gasteiger partial charge in [0.05, 0.1) is 12.1 Å². The van der Waals surface area contributed by atoms with Crippen molar-refractivity contribution in [1.82, 2.24) is 10.6 Å². The van der Waals surface area contributed by atoms with E-state index in [1.54, 1.807) is 13.0 Å². The normalized spacial score (nSPS) is 13.9. The highest BCUT2D eigenvalue weighted by molar-refractivity contribution is 5.78. The summed E-state index contributed by atoms with van der Waals surface area (Å²) in [6.07, 6.45) is -4.40. The second kappa shape index (κ2) is 6.47. The maximum absolute atomic E-state index is 12.9. The number of alkyl halides is 3. The Kier molecular flexibility index (Phi) is 5.39. The molecular weight excluding hydrogens is 281 g/mol. The Hall–Kier alpha value is -1.56. The van der Waals surface area contributed by atoms with Gasteiger partial charge in [0.15, 0.2) is 0 Å². The van der Waals surface area contributed by atoms with Crippen molar-refractivity contribution in [3.05, 3.63) is 35.4 Å². The van der Waals surface area contributed by atoms with Crippen LogP contribution in [0.1, 0.15) is 44.9 Å². The Balaban J connectivity index is 2.73. The SMILES string of the molecule is CC(NCC(=O)NC(C)(C)C)c1ccccc1C(F)(F)F. The van der Waals surface area contributed by atoms with Crippen molar-refractivity contribution < 1.29 is 18.0 Å². The van der Waals surface area contributed by atoms with E-state index in [2.05, 4.69) is 10.6 Å². The summed E-state index contributed by atoms with van der Waals surface area (Å²) in [5.41, 5.74) is -0.916. The number of hydrogen-bond donors (Lipinski definition) is 2. The van der Waals surface area contributed by atoms with Crippen LogP contribution in [0.15, 0.2) is 24.3 Å². The standard InChI is InChI=1S/C15H21F3N2O/c1-10(19-9-13(21)20-14(2,3)4)11-7-5-6-8-12(11)15(16,17)18/h5-8,10,19H,9H2,1-4H3,(H,20,21). The van der Waals surface area contributed by atoms with E-state index < -0.39 is 17.8 Å². The fraction of sp³-hybridized carbons (Fsp3) is 0.533. The molecule has 21 heavy (non-hydrogen) atoms. The number of amides is 1. The molecule has 0 aromatic heterocycles. The lowest BCUT2D eigenvalue weighted by Crippen LogP contribution is -2.45. The van der Waals surface area contributed by atoms with Crippen molar-refractivity contribution in [2.45, 2.75) is 45.5 Å². The highest BCUT2D eigenvalue weighted by atomic mass is 19.4. The summed E-state index contributed by atoms with van der Waals surface area (Å²) < 4.78 is 38.8. The zero-order chi connectivity index (χ0) is 16.3. The molecule has 0 fully saturated rings. The summed E-state index contributed by atoms with van der Waals surface area (Å²) in [6.45, 7) is 7.09. The lowest BCUT2D eigenvalue weighted by atomic mass is 10.0. The molecule has 0 spiro atoms. The van der Waals surface area contributed by atoms with E-state index in [-0.39, 0.29) is 23.6 Å². The molecule has 3 nitrogen and oxygen atoms in total. The maximum atomic E-state index is 12.9. The molecule has 0 aliphatic carbocycles. The summed E-state index contributed by atoms with van der Waals surface area (Å²) in [5.74, 6) is -0.251. The van der Waals surface area contributed by atoms with E-state index in [1.807, 2.05) is 20.8 Å². The van der Waals surface area contributed by atoms with Crippen LogP contribution in [0.3, 0.4) is 0 Å². The predicted octanol–water partition coefficient (Wildman–Crippen LogP) is 3.27. The second-order valence-corrected chi connectivity index (χ2v) is 5.99. The Morgan fingerprint density at radius 2 is 1.76 bits per heavy atom. The van der Waals surface area contributed by atoms with Crippen molar-refractivity contribution in [2.75, 3.05) is 6.54 Å². The van der Waals surface area contributed by atoms with Gasteiger partial charge in [-0.1, -0.05) is 18.2 Å². The number of carbonyl (C=O) groups excluding carboxylic acids is 1. The van der Waals surface area contributed by atoms with Crippen molar-refractivity contribution in [3.8, 4) is 0 Å². The van der Waals surface area contributed by atoms with Gasteiger partial charge in [-0.2, -0.15) is 13.2 Å². The Morgan fingerprint density at radius 1 is 1.19 bits per heavy atom. The van der Waals surface area contributed by atoms with Gasteiger partial charge in [0.25, 0.3) is 0 Å². The van der Waals surface area contributed by atoms with Crippen LogP contribution in [0.25, 0.3) is 0 Å². The number of halogens is 3. The molecule has 1 aromatic carbocycles. The van der Waals surface area contributed by atoms with Crippen LogP contribution < -0.4 is 10.6 Å². The minimum absolute atomic E-state index is 0.0371. The minimum atomic E-state index is -4.40. The molecule has 118 valence electrons. The van der Waals surface area contributed by atoms with Gasteiger partial charge in [-0.3, -0.25) is 4.79 Å². The molecule has 0 saturated carbocycles. The first-order chi connectivity index (χ1) is 9.50. The van der Waals surface area contributed by atoms with E-state index in [0.29, 0.717) is 0 Å². The Morgan fingerprint density at radius 3 is 2.29 bits per heavy atom. The first kappa shape index (κ1) is 17.5. The molecule has 0 saturated heterocycles. The fourth-order valence-corrected chi connectivity index (χ4v) is 1.95.